The second-order valence-corrected chi connectivity index (χ2v) is 2.89. The third-order valence-electron chi connectivity index (χ3n) is 1.88. The molecular formula is C9H8FN3. The molecule has 0 fully saturated rings. The van der Waals surface area contributed by atoms with E-state index < -0.39 is 0 Å². The van der Waals surface area contributed by atoms with Crippen molar-refractivity contribution in [3.05, 3.63) is 29.7 Å². The maximum Gasteiger partial charge on any atom is 0.220 e. The molecule has 2 aromatic rings. The van der Waals surface area contributed by atoms with Gasteiger partial charge in [0.25, 0.3) is 0 Å². The Hall–Kier alpha value is -1.71. The fourth-order valence-electron chi connectivity index (χ4n) is 1.18. The number of halogens is 1. The summed E-state index contributed by atoms with van der Waals surface area (Å²) < 4.78 is 13.1. The fraction of sp³-hybridized carbons (Fsp3) is 0.111. The average molecular weight is 177 g/mol. The lowest BCUT2D eigenvalue weighted by Crippen LogP contribution is -1.95. The van der Waals surface area contributed by atoms with Crippen molar-refractivity contribution in [2.45, 2.75) is 6.92 Å². The van der Waals surface area contributed by atoms with E-state index in [-0.39, 0.29) is 11.8 Å². The van der Waals surface area contributed by atoms with Gasteiger partial charge in [-0.3, -0.25) is 0 Å². The summed E-state index contributed by atoms with van der Waals surface area (Å²) in [6.07, 6.45) is 1.59. The van der Waals surface area contributed by atoms with E-state index >= 15 is 0 Å². The quantitative estimate of drug-likeness (QED) is 0.665. The normalized spacial score (nSPS) is 10.6. The molecule has 2 rings (SSSR count). The van der Waals surface area contributed by atoms with E-state index in [9.17, 15) is 4.39 Å². The number of nitrogen functional groups attached to an aromatic ring is 1. The Bertz CT molecular complexity index is 468. The van der Waals surface area contributed by atoms with Crippen LogP contribution in [0.3, 0.4) is 0 Å². The molecule has 0 aliphatic rings. The maximum atomic E-state index is 13.1. The first-order valence-corrected chi connectivity index (χ1v) is 3.85. The van der Waals surface area contributed by atoms with Crippen molar-refractivity contribution < 1.29 is 4.39 Å². The zero-order valence-corrected chi connectivity index (χ0v) is 7.08. The molecule has 0 atom stereocenters. The number of hydrogen-bond donors (Lipinski definition) is 1. The van der Waals surface area contributed by atoms with E-state index in [1.807, 2.05) is 0 Å². The molecule has 0 spiro atoms. The summed E-state index contributed by atoms with van der Waals surface area (Å²) in [5.74, 6) is -0.110. The minimum absolute atomic E-state index is 0.163. The first kappa shape index (κ1) is 7.91. The highest BCUT2D eigenvalue weighted by atomic mass is 19.1. The molecule has 0 saturated carbocycles. The molecule has 0 saturated heterocycles. The Labute approximate surface area is 74.4 Å². The van der Waals surface area contributed by atoms with Crippen LogP contribution in [0.1, 0.15) is 5.56 Å². The van der Waals surface area contributed by atoms with Crippen molar-refractivity contribution in [2.75, 3.05) is 5.73 Å². The van der Waals surface area contributed by atoms with Crippen LogP contribution in [0, 0.1) is 12.7 Å². The monoisotopic (exact) mass is 177 g/mol. The molecule has 0 aliphatic heterocycles. The Balaban J connectivity index is 2.81. The Morgan fingerprint density at radius 3 is 2.92 bits per heavy atom. The number of aryl methyl sites for hydroxylation is 1. The molecular weight excluding hydrogens is 169 g/mol. The minimum Gasteiger partial charge on any atom is -0.368 e. The highest BCUT2D eigenvalue weighted by Crippen LogP contribution is 2.16. The number of anilines is 1. The van der Waals surface area contributed by atoms with Gasteiger partial charge < -0.3 is 5.73 Å². The maximum absolute atomic E-state index is 13.1. The van der Waals surface area contributed by atoms with Crippen molar-refractivity contribution in [1.82, 2.24) is 9.97 Å². The van der Waals surface area contributed by atoms with Crippen LogP contribution in [0.25, 0.3) is 10.9 Å². The average Bonchev–Trinajstić information content (AvgIpc) is 2.08. The molecule has 66 valence electrons. The van der Waals surface area contributed by atoms with Gasteiger partial charge in [0.05, 0.1) is 5.52 Å². The van der Waals surface area contributed by atoms with Gasteiger partial charge in [-0.05, 0) is 18.6 Å². The van der Waals surface area contributed by atoms with Gasteiger partial charge in [-0.25, -0.2) is 14.4 Å². The first-order valence-electron chi connectivity index (χ1n) is 3.85. The summed E-state index contributed by atoms with van der Waals surface area (Å²) in [6, 6.07) is 3.06. The van der Waals surface area contributed by atoms with Gasteiger partial charge in [-0.1, -0.05) is 0 Å². The number of benzene rings is 1. The van der Waals surface area contributed by atoms with E-state index in [0.717, 1.165) is 5.39 Å². The van der Waals surface area contributed by atoms with Crippen LogP contribution in [0.15, 0.2) is 18.3 Å². The van der Waals surface area contributed by atoms with Gasteiger partial charge in [0, 0.05) is 17.6 Å². The van der Waals surface area contributed by atoms with E-state index in [2.05, 4.69) is 9.97 Å². The second-order valence-electron chi connectivity index (χ2n) is 2.89. The van der Waals surface area contributed by atoms with Gasteiger partial charge in [-0.2, -0.15) is 0 Å². The first-order chi connectivity index (χ1) is 6.16. The largest absolute Gasteiger partial charge is 0.368 e. The molecule has 0 amide bonds. The topological polar surface area (TPSA) is 51.8 Å². The molecule has 2 N–H and O–H groups in total. The SMILES string of the molecule is Cc1cc2cnc(N)nc2cc1F. The summed E-state index contributed by atoms with van der Waals surface area (Å²) in [6.45, 7) is 1.70. The third kappa shape index (κ3) is 1.30. The molecule has 13 heavy (non-hydrogen) atoms. The van der Waals surface area contributed by atoms with E-state index in [4.69, 9.17) is 5.73 Å². The van der Waals surface area contributed by atoms with Crippen LogP contribution < -0.4 is 5.73 Å². The number of nitrogens with zero attached hydrogens (tertiary/aromatic N) is 2. The number of fused-ring (bicyclic) bond motifs is 1. The lowest BCUT2D eigenvalue weighted by atomic mass is 10.1. The van der Waals surface area contributed by atoms with Gasteiger partial charge >= 0.3 is 0 Å². The van der Waals surface area contributed by atoms with Crippen LogP contribution in [0.4, 0.5) is 10.3 Å². The molecule has 3 nitrogen and oxygen atoms in total. The standard InChI is InChI=1S/C9H8FN3/c1-5-2-6-4-12-9(11)13-8(6)3-7(5)10/h2-4H,1H3,(H2,11,12,13). The van der Waals surface area contributed by atoms with Crippen molar-refractivity contribution in [3.63, 3.8) is 0 Å². The lowest BCUT2D eigenvalue weighted by Gasteiger charge is -2.00. The number of rotatable bonds is 0. The van der Waals surface area contributed by atoms with Crippen LogP contribution in [0.2, 0.25) is 0 Å². The predicted octanol–water partition coefficient (Wildman–Crippen LogP) is 1.66. The van der Waals surface area contributed by atoms with Crippen LogP contribution in [-0.2, 0) is 0 Å². The lowest BCUT2D eigenvalue weighted by molar-refractivity contribution is 0.620. The summed E-state index contributed by atoms with van der Waals surface area (Å²) in [5.41, 5.74) is 6.49. The molecule has 0 unspecified atom stereocenters. The Morgan fingerprint density at radius 1 is 1.38 bits per heavy atom. The molecule has 4 heteroatoms. The molecule has 1 aromatic heterocycles. The molecule has 0 bridgehead atoms. The second kappa shape index (κ2) is 2.65. The van der Waals surface area contributed by atoms with E-state index in [1.54, 1.807) is 19.2 Å². The Kier molecular flexibility index (Phi) is 1.62. The number of hydrogen-bond acceptors (Lipinski definition) is 3. The van der Waals surface area contributed by atoms with Crippen molar-refractivity contribution in [2.24, 2.45) is 0 Å². The van der Waals surface area contributed by atoms with Crippen molar-refractivity contribution in [3.8, 4) is 0 Å². The minimum atomic E-state index is -0.273. The fourth-order valence-corrected chi connectivity index (χ4v) is 1.18. The Morgan fingerprint density at radius 2 is 2.15 bits per heavy atom. The number of aromatic nitrogens is 2. The molecule has 0 radical (unpaired) electrons. The van der Waals surface area contributed by atoms with Crippen LogP contribution in [0.5, 0.6) is 0 Å². The molecule has 1 heterocycles. The zero-order valence-electron chi connectivity index (χ0n) is 7.08. The third-order valence-corrected chi connectivity index (χ3v) is 1.88. The van der Waals surface area contributed by atoms with Gasteiger partial charge in [0.1, 0.15) is 5.82 Å². The van der Waals surface area contributed by atoms with Gasteiger partial charge in [-0.15, -0.1) is 0 Å². The predicted molar refractivity (Wildman–Crippen MR) is 48.6 cm³/mol. The summed E-state index contributed by atoms with van der Waals surface area (Å²) in [7, 11) is 0. The smallest absolute Gasteiger partial charge is 0.220 e. The summed E-state index contributed by atoms with van der Waals surface area (Å²) >= 11 is 0. The van der Waals surface area contributed by atoms with E-state index in [0.29, 0.717) is 11.1 Å². The van der Waals surface area contributed by atoms with Crippen LogP contribution >= 0.6 is 0 Å². The van der Waals surface area contributed by atoms with Gasteiger partial charge in [0.2, 0.25) is 5.95 Å². The number of nitrogens with two attached hydrogens (primary N) is 1. The highest BCUT2D eigenvalue weighted by Gasteiger charge is 2.02. The van der Waals surface area contributed by atoms with Crippen molar-refractivity contribution >= 4 is 16.9 Å². The zero-order chi connectivity index (χ0) is 9.42. The molecule has 0 aliphatic carbocycles. The van der Waals surface area contributed by atoms with E-state index in [1.165, 1.54) is 6.07 Å². The summed E-state index contributed by atoms with van der Waals surface area (Å²) in [5, 5.41) is 0.799. The van der Waals surface area contributed by atoms with Crippen LogP contribution in [-0.4, -0.2) is 9.97 Å². The summed E-state index contributed by atoms with van der Waals surface area (Å²) in [4.78, 5) is 7.73. The molecule has 1 aromatic carbocycles. The van der Waals surface area contributed by atoms with Gasteiger partial charge in [0.15, 0.2) is 0 Å². The van der Waals surface area contributed by atoms with Crippen molar-refractivity contribution in [1.29, 1.82) is 0 Å². The highest BCUT2D eigenvalue weighted by molar-refractivity contribution is 5.79.